The SMILES string of the molecule is CC[C@H](C)[C@@H](NC(=O)CNC(=O)COc1cc(C)cc2oc(=O)c(C)c(C)c12)C(=O)O. The van der Waals surface area contributed by atoms with Gasteiger partial charge in [0.05, 0.1) is 11.9 Å². The average molecular weight is 432 g/mol. The molecule has 1 aromatic carbocycles. The molecule has 0 spiro atoms. The second-order valence-corrected chi connectivity index (χ2v) is 7.61. The number of carbonyl (C=O) groups is 3. The van der Waals surface area contributed by atoms with Crippen molar-refractivity contribution in [1.82, 2.24) is 10.6 Å². The minimum absolute atomic E-state index is 0.248. The van der Waals surface area contributed by atoms with Crippen LogP contribution in [-0.4, -0.2) is 42.1 Å². The Kier molecular flexibility index (Phi) is 7.79. The van der Waals surface area contributed by atoms with Gasteiger partial charge < -0.3 is 24.9 Å². The van der Waals surface area contributed by atoms with Crippen molar-refractivity contribution < 1.29 is 28.6 Å². The highest BCUT2D eigenvalue weighted by Gasteiger charge is 2.25. The number of hydrogen-bond donors (Lipinski definition) is 3. The van der Waals surface area contributed by atoms with Crippen LogP contribution in [-0.2, 0) is 14.4 Å². The molecule has 0 aliphatic heterocycles. The summed E-state index contributed by atoms with van der Waals surface area (Å²) in [6.07, 6.45) is 0.584. The van der Waals surface area contributed by atoms with Crippen LogP contribution in [0.1, 0.15) is 37.0 Å². The lowest BCUT2D eigenvalue weighted by Gasteiger charge is -2.20. The number of amides is 2. The highest BCUT2D eigenvalue weighted by molar-refractivity contribution is 5.90. The molecular formula is C22H28N2O7. The van der Waals surface area contributed by atoms with E-state index < -0.39 is 29.5 Å². The van der Waals surface area contributed by atoms with E-state index in [4.69, 9.17) is 9.15 Å². The standard InChI is InChI=1S/C22H28N2O7/c1-6-12(3)20(21(27)28)24-17(25)9-23-18(26)10-30-15-7-11(2)8-16-19(15)13(4)14(5)22(29)31-16/h7-8,12,20H,6,9-10H2,1-5H3,(H,23,26)(H,24,25)(H,27,28)/t12-,20+/m0/s1. The van der Waals surface area contributed by atoms with Gasteiger partial charge in [-0.2, -0.15) is 0 Å². The number of fused-ring (bicyclic) bond motifs is 1. The summed E-state index contributed by atoms with van der Waals surface area (Å²) in [5, 5.41) is 14.7. The number of carboxylic acid groups (broad SMARTS) is 1. The van der Waals surface area contributed by atoms with Crippen molar-refractivity contribution in [3.05, 3.63) is 39.2 Å². The first-order chi connectivity index (χ1) is 14.5. The highest BCUT2D eigenvalue weighted by atomic mass is 16.5. The molecule has 0 saturated heterocycles. The van der Waals surface area contributed by atoms with Crippen LogP contribution < -0.4 is 21.0 Å². The van der Waals surface area contributed by atoms with Gasteiger partial charge in [-0.25, -0.2) is 9.59 Å². The zero-order valence-electron chi connectivity index (χ0n) is 18.3. The fourth-order valence-electron chi connectivity index (χ4n) is 3.08. The smallest absolute Gasteiger partial charge is 0.339 e. The van der Waals surface area contributed by atoms with E-state index in [1.165, 1.54) is 0 Å². The van der Waals surface area contributed by atoms with Crippen molar-refractivity contribution in [3.8, 4) is 5.75 Å². The minimum atomic E-state index is -1.12. The molecule has 0 bridgehead atoms. The predicted octanol–water partition coefficient (Wildman–Crippen LogP) is 1.83. The number of benzene rings is 1. The van der Waals surface area contributed by atoms with Crippen molar-refractivity contribution in [3.63, 3.8) is 0 Å². The largest absolute Gasteiger partial charge is 0.483 e. The Morgan fingerprint density at radius 2 is 1.81 bits per heavy atom. The highest BCUT2D eigenvalue weighted by Crippen LogP contribution is 2.30. The molecule has 2 amide bonds. The quantitative estimate of drug-likeness (QED) is 0.515. The maximum atomic E-state index is 12.2. The van der Waals surface area contributed by atoms with Crippen molar-refractivity contribution in [2.24, 2.45) is 5.92 Å². The molecule has 0 unspecified atom stereocenters. The van der Waals surface area contributed by atoms with Gasteiger partial charge in [0, 0.05) is 5.56 Å². The second-order valence-electron chi connectivity index (χ2n) is 7.61. The lowest BCUT2D eigenvalue weighted by molar-refractivity contribution is -0.143. The maximum Gasteiger partial charge on any atom is 0.339 e. The summed E-state index contributed by atoms with van der Waals surface area (Å²) in [5.74, 6) is -2.13. The lowest BCUT2D eigenvalue weighted by atomic mass is 9.99. The number of carbonyl (C=O) groups excluding carboxylic acids is 2. The van der Waals surface area contributed by atoms with Crippen LogP contribution in [0.25, 0.3) is 11.0 Å². The third-order valence-corrected chi connectivity index (χ3v) is 5.26. The van der Waals surface area contributed by atoms with Gasteiger partial charge in [0.2, 0.25) is 5.91 Å². The number of ether oxygens (including phenoxy) is 1. The van der Waals surface area contributed by atoms with Crippen molar-refractivity contribution in [2.45, 2.75) is 47.1 Å². The van der Waals surface area contributed by atoms with E-state index in [9.17, 15) is 24.3 Å². The van der Waals surface area contributed by atoms with Gasteiger partial charge in [0.15, 0.2) is 6.61 Å². The molecule has 3 N–H and O–H groups in total. The Hall–Kier alpha value is -3.36. The fourth-order valence-corrected chi connectivity index (χ4v) is 3.08. The van der Waals surface area contributed by atoms with Crippen LogP contribution >= 0.6 is 0 Å². The first kappa shape index (κ1) is 23.9. The molecule has 9 heteroatoms. The number of carboxylic acids is 1. The van der Waals surface area contributed by atoms with Crippen LogP contribution in [0.2, 0.25) is 0 Å². The van der Waals surface area contributed by atoms with Crippen molar-refractivity contribution in [2.75, 3.05) is 13.2 Å². The molecule has 0 aliphatic rings. The van der Waals surface area contributed by atoms with Gasteiger partial charge in [-0.1, -0.05) is 20.3 Å². The molecular weight excluding hydrogens is 404 g/mol. The van der Waals surface area contributed by atoms with Gasteiger partial charge in [0.25, 0.3) is 5.91 Å². The average Bonchev–Trinajstić information content (AvgIpc) is 2.71. The summed E-state index contributed by atoms with van der Waals surface area (Å²) in [6, 6.07) is 2.43. The molecule has 2 rings (SSSR count). The minimum Gasteiger partial charge on any atom is -0.483 e. The predicted molar refractivity (Wildman–Crippen MR) is 114 cm³/mol. The lowest BCUT2D eigenvalue weighted by Crippen LogP contribution is -2.48. The summed E-state index contributed by atoms with van der Waals surface area (Å²) < 4.78 is 11.0. The van der Waals surface area contributed by atoms with Crippen molar-refractivity contribution >= 4 is 28.8 Å². The Morgan fingerprint density at radius 1 is 1.13 bits per heavy atom. The van der Waals surface area contributed by atoms with E-state index in [1.807, 2.05) is 13.8 Å². The molecule has 1 heterocycles. The molecule has 2 atom stereocenters. The number of rotatable bonds is 9. The summed E-state index contributed by atoms with van der Waals surface area (Å²) in [5.41, 5.74) is 1.89. The molecule has 0 radical (unpaired) electrons. The Balaban J connectivity index is 2.03. The van der Waals surface area contributed by atoms with E-state index >= 15 is 0 Å². The topological polar surface area (TPSA) is 135 Å². The fraction of sp³-hybridized carbons (Fsp3) is 0.455. The molecule has 168 valence electrons. The molecule has 0 fully saturated rings. The summed E-state index contributed by atoms with van der Waals surface area (Å²) in [6.45, 7) is 8.05. The molecule has 0 saturated carbocycles. The van der Waals surface area contributed by atoms with E-state index in [2.05, 4.69) is 10.6 Å². The monoisotopic (exact) mass is 432 g/mol. The number of hydrogen-bond acceptors (Lipinski definition) is 6. The van der Waals surface area contributed by atoms with Gasteiger partial charge in [-0.15, -0.1) is 0 Å². The summed E-state index contributed by atoms with van der Waals surface area (Å²) in [4.78, 5) is 47.4. The normalized spacial score (nSPS) is 12.8. The Bertz CT molecular complexity index is 1060. The second kappa shape index (κ2) is 10.1. The number of nitrogens with one attached hydrogen (secondary N) is 2. The summed E-state index contributed by atoms with van der Waals surface area (Å²) in [7, 11) is 0. The number of aryl methyl sites for hydroxylation is 2. The van der Waals surface area contributed by atoms with Gasteiger partial charge in [0.1, 0.15) is 17.4 Å². The van der Waals surface area contributed by atoms with E-state index in [0.717, 1.165) is 5.56 Å². The Morgan fingerprint density at radius 3 is 2.42 bits per heavy atom. The molecule has 9 nitrogen and oxygen atoms in total. The van der Waals surface area contributed by atoms with Gasteiger partial charge >= 0.3 is 11.6 Å². The zero-order chi connectivity index (χ0) is 23.3. The van der Waals surface area contributed by atoms with Crippen LogP contribution in [0.5, 0.6) is 5.75 Å². The molecule has 0 aliphatic carbocycles. The molecule has 2 aromatic rings. The summed E-state index contributed by atoms with van der Waals surface area (Å²) >= 11 is 0. The third-order valence-electron chi connectivity index (χ3n) is 5.26. The Labute approximate surface area is 179 Å². The van der Waals surface area contributed by atoms with Crippen LogP contribution in [0, 0.1) is 26.7 Å². The van der Waals surface area contributed by atoms with Gasteiger partial charge in [-0.05, 0) is 49.9 Å². The van der Waals surface area contributed by atoms with E-state index in [0.29, 0.717) is 34.3 Å². The van der Waals surface area contributed by atoms with Crippen molar-refractivity contribution in [1.29, 1.82) is 0 Å². The third kappa shape index (κ3) is 5.84. The first-order valence-corrected chi connectivity index (χ1v) is 10.0. The zero-order valence-corrected chi connectivity index (χ0v) is 18.3. The van der Waals surface area contributed by atoms with E-state index in [-0.39, 0.29) is 19.1 Å². The van der Waals surface area contributed by atoms with Crippen LogP contribution in [0.15, 0.2) is 21.3 Å². The first-order valence-electron chi connectivity index (χ1n) is 10.0. The van der Waals surface area contributed by atoms with Crippen LogP contribution in [0.3, 0.4) is 0 Å². The maximum absolute atomic E-state index is 12.2. The number of aliphatic carboxylic acids is 1. The van der Waals surface area contributed by atoms with Crippen LogP contribution in [0.4, 0.5) is 0 Å². The molecule has 31 heavy (non-hydrogen) atoms. The van der Waals surface area contributed by atoms with E-state index in [1.54, 1.807) is 32.9 Å². The van der Waals surface area contributed by atoms with Gasteiger partial charge in [-0.3, -0.25) is 9.59 Å². The molecule has 1 aromatic heterocycles.